The fourth-order valence-electron chi connectivity index (χ4n) is 2.34. The van der Waals surface area contributed by atoms with Crippen molar-refractivity contribution in [2.45, 2.75) is 58.1 Å². The molecule has 1 atom stereocenters. The van der Waals surface area contributed by atoms with E-state index in [0.717, 1.165) is 24.8 Å². The molecule has 3 N–H and O–H groups in total. The van der Waals surface area contributed by atoms with Crippen LogP contribution >= 0.6 is 0 Å². The molecule has 0 radical (unpaired) electrons. The maximum atomic E-state index is 12.0. The second-order valence-corrected chi connectivity index (χ2v) is 6.00. The van der Waals surface area contributed by atoms with Gasteiger partial charge in [-0.2, -0.15) is 0 Å². The molecule has 1 aromatic carbocycles. The third kappa shape index (κ3) is 9.72. The Morgan fingerprint density at radius 2 is 1.76 bits per heavy atom. The van der Waals surface area contributed by atoms with Crippen molar-refractivity contribution in [3.63, 3.8) is 0 Å². The highest BCUT2D eigenvalue weighted by atomic mass is 16.5. The number of amides is 2. The lowest BCUT2D eigenvalue weighted by atomic mass is 10.1. The lowest BCUT2D eigenvalue weighted by Crippen LogP contribution is -2.49. The van der Waals surface area contributed by atoms with Crippen LogP contribution in [0.25, 0.3) is 0 Å². The Hall–Kier alpha value is -2.08. The Labute approximate surface area is 150 Å². The Bertz CT molecular complexity index is 493. The molecular formula is C19H30N2O4. The zero-order chi connectivity index (χ0) is 18.3. The van der Waals surface area contributed by atoms with Crippen LogP contribution in [0.1, 0.15) is 51.0 Å². The number of alkyl carbamates (subject to hydrolysis) is 1. The molecule has 0 bridgehead atoms. The van der Waals surface area contributed by atoms with Crippen LogP contribution in [0.15, 0.2) is 30.3 Å². The summed E-state index contributed by atoms with van der Waals surface area (Å²) in [5.74, 6) is -0.396. The molecule has 0 saturated heterocycles. The van der Waals surface area contributed by atoms with Crippen molar-refractivity contribution in [3.05, 3.63) is 35.9 Å². The molecule has 0 aliphatic heterocycles. The van der Waals surface area contributed by atoms with Crippen LogP contribution in [0.5, 0.6) is 0 Å². The number of carbonyl (C=O) groups is 2. The number of hydrogen-bond donors (Lipinski definition) is 3. The summed E-state index contributed by atoms with van der Waals surface area (Å²) in [5.41, 5.74) is 0.853. The molecule has 2 amide bonds. The zero-order valence-corrected chi connectivity index (χ0v) is 15.0. The Balaban J connectivity index is 2.20. The Kier molecular flexibility index (Phi) is 11.1. The smallest absolute Gasteiger partial charge is 0.408 e. The van der Waals surface area contributed by atoms with Crippen LogP contribution in [-0.4, -0.2) is 36.3 Å². The number of benzene rings is 1. The quantitative estimate of drug-likeness (QED) is 0.506. The summed E-state index contributed by atoms with van der Waals surface area (Å²) in [6.07, 6.45) is 6.07. The average molecular weight is 350 g/mol. The Morgan fingerprint density at radius 1 is 1.08 bits per heavy atom. The fraction of sp³-hybridized carbons (Fsp3) is 0.579. The van der Waals surface area contributed by atoms with Crippen LogP contribution in [-0.2, 0) is 16.1 Å². The van der Waals surface area contributed by atoms with Gasteiger partial charge in [-0.15, -0.1) is 0 Å². The largest absolute Gasteiger partial charge is 0.445 e. The molecule has 0 fully saturated rings. The van der Waals surface area contributed by atoms with Gasteiger partial charge in [-0.05, 0) is 12.0 Å². The van der Waals surface area contributed by atoms with Crippen LogP contribution in [0.2, 0.25) is 0 Å². The number of aliphatic hydroxyl groups excluding tert-OH is 1. The number of aliphatic hydroxyl groups is 1. The van der Waals surface area contributed by atoms with Crippen LogP contribution < -0.4 is 10.6 Å². The Morgan fingerprint density at radius 3 is 2.44 bits per heavy atom. The highest BCUT2D eigenvalue weighted by Gasteiger charge is 2.20. The molecule has 0 aromatic heterocycles. The number of ether oxygens (including phenoxy) is 1. The normalized spacial score (nSPS) is 11.6. The number of nitrogens with one attached hydrogen (secondary N) is 2. The van der Waals surface area contributed by atoms with Crippen LogP contribution in [0.3, 0.4) is 0 Å². The first-order valence-electron chi connectivity index (χ1n) is 9.03. The average Bonchev–Trinajstić information content (AvgIpc) is 2.64. The molecule has 0 heterocycles. The van der Waals surface area contributed by atoms with Crippen LogP contribution in [0, 0.1) is 0 Å². The molecule has 1 aromatic rings. The van der Waals surface area contributed by atoms with Gasteiger partial charge in [0.15, 0.2) is 0 Å². The van der Waals surface area contributed by atoms with E-state index in [1.165, 1.54) is 19.3 Å². The van der Waals surface area contributed by atoms with Crippen molar-refractivity contribution in [1.82, 2.24) is 10.6 Å². The zero-order valence-electron chi connectivity index (χ0n) is 15.0. The van der Waals surface area contributed by atoms with Gasteiger partial charge in [-0.1, -0.05) is 69.4 Å². The van der Waals surface area contributed by atoms with Crippen LogP contribution in [0.4, 0.5) is 4.79 Å². The van der Waals surface area contributed by atoms with Crippen molar-refractivity contribution in [2.75, 3.05) is 13.2 Å². The molecular weight excluding hydrogens is 320 g/mol. The van der Waals surface area contributed by atoms with Gasteiger partial charge in [0, 0.05) is 6.54 Å². The van der Waals surface area contributed by atoms with Gasteiger partial charge in [0.05, 0.1) is 6.61 Å². The highest BCUT2D eigenvalue weighted by Crippen LogP contribution is 2.04. The first kappa shape index (κ1) is 21.0. The monoisotopic (exact) mass is 350 g/mol. The molecule has 0 spiro atoms. The third-order valence-electron chi connectivity index (χ3n) is 3.83. The van der Waals surface area contributed by atoms with Crippen molar-refractivity contribution in [1.29, 1.82) is 0 Å². The second kappa shape index (κ2) is 13.2. The summed E-state index contributed by atoms with van der Waals surface area (Å²) < 4.78 is 5.05. The number of hydrogen-bond acceptors (Lipinski definition) is 4. The minimum Gasteiger partial charge on any atom is -0.445 e. The minimum atomic E-state index is -0.997. The third-order valence-corrected chi connectivity index (χ3v) is 3.83. The first-order chi connectivity index (χ1) is 12.2. The van der Waals surface area contributed by atoms with E-state index in [4.69, 9.17) is 4.74 Å². The van der Waals surface area contributed by atoms with E-state index in [-0.39, 0.29) is 6.61 Å². The molecule has 6 heteroatoms. The van der Waals surface area contributed by atoms with Gasteiger partial charge >= 0.3 is 6.09 Å². The van der Waals surface area contributed by atoms with Gasteiger partial charge in [-0.25, -0.2) is 4.79 Å². The van der Waals surface area contributed by atoms with Gasteiger partial charge in [-0.3, -0.25) is 4.79 Å². The molecule has 1 rings (SSSR count). The van der Waals surface area contributed by atoms with Gasteiger partial charge in [0.1, 0.15) is 12.6 Å². The van der Waals surface area contributed by atoms with Crippen molar-refractivity contribution in [3.8, 4) is 0 Å². The molecule has 25 heavy (non-hydrogen) atoms. The molecule has 6 nitrogen and oxygen atoms in total. The lowest BCUT2D eigenvalue weighted by Gasteiger charge is -2.16. The molecule has 1 unspecified atom stereocenters. The summed E-state index contributed by atoms with van der Waals surface area (Å²) in [4.78, 5) is 23.7. The number of rotatable bonds is 12. The maximum Gasteiger partial charge on any atom is 0.408 e. The van der Waals surface area contributed by atoms with Gasteiger partial charge < -0.3 is 20.5 Å². The topological polar surface area (TPSA) is 87.7 Å². The lowest BCUT2D eigenvalue weighted by molar-refractivity contribution is -0.123. The summed E-state index contributed by atoms with van der Waals surface area (Å²) in [6.45, 7) is 2.36. The predicted molar refractivity (Wildman–Crippen MR) is 97.0 cm³/mol. The van der Waals surface area contributed by atoms with Gasteiger partial charge in [0.25, 0.3) is 0 Å². The summed E-state index contributed by atoms with van der Waals surface area (Å²) >= 11 is 0. The standard InChI is InChI=1S/C19H30N2O4/c1-2-3-4-5-6-10-13-20-18(23)17(14-22)21-19(24)25-15-16-11-8-7-9-12-16/h7-9,11-12,17,22H,2-6,10,13-15H2,1H3,(H,20,23)(H,21,24). The highest BCUT2D eigenvalue weighted by molar-refractivity contribution is 5.85. The molecule has 0 aliphatic rings. The van der Waals surface area contributed by atoms with E-state index in [1.807, 2.05) is 30.3 Å². The van der Waals surface area contributed by atoms with Gasteiger partial charge in [0.2, 0.25) is 5.91 Å². The minimum absolute atomic E-state index is 0.115. The van der Waals surface area contributed by atoms with Crippen molar-refractivity contribution >= 4 is 12.0 Å². The summed E-state index contributed by atoms with van der Waals surface area (Å²) in [7, 11) is 0. The number of carbonyl (C=O) groups excluding carboxylic acids is 2. The van der Waals surface area contributed by atoms with Crippen molar-refractivity contribution < 1.29 is 19.4 Å². The molecule has 0 saturated carbocycles. The number of unbranched alkanes of at least 4 members (excludes halogenated alkanes) is 5. The van der Waals surface area contributed by atoms with E-state index in [0.29, 0.717) is 6.54 Å². The second-order valence-electron chi connectivity index (χ2n) is 6.00. The maximum absolute atomic E-state index is 12.0. The van der Waals surface area contributed by atoms with E-state index in [2.05, 4.69) is 17.6 Å². The van der Waals surface area contributed by atoms with E-state index in [1.54, 1.807) is 0 Å². The van der Waals surface area contributed by atoms with Crippen molar-refractivity contribution in [2.24, 2.45) is 0 Å². The molecule has 140 valence electrons. The fourth-order valence-corrected chi connectivity index (χ4v) is 2.34. The SMILES string of the molecule is CCCCCCCCNC(=O)C(CO)NC(=O)OCc1ccccc1. The first-order valence-corrected chi connectivity index (χ1v) is 9.03. The van der Waals surface area contributed by atoms with E-state index >= 15 is 0 Å². The van der Waals surface area contributed by atoms with E-state index in [9.17, 15) is 14.7 Å². The summed E-state index contributed by atoms with van der Waals surface area (Å²) in [5, 5.41) is 14.4. The predicted octanol–water partition coefficient (Wildman–Crippen LogP) is 2.75. The molecule has 0 aliphatic carbocycles. The van der Waals surface area contributed by atoms with E-state index < -0.39 is 24.6 Å². The summed E-state index contributed by atoms with van der Waals surface area (Å²) in [6, 6.07) is 8.25.